The van der Waals surface area contributed by atoms with E-state index in [0.717, 1.165) is 38.5 Å². The fraction of sp³-hybridized carbons (Fsp3) is 0.471. The topological polar surface area (TPSA) is 37.3 Å². The molecule has 0 aromatic heterocycles. The Kier molecular flexibility index (Phi) is 13.3. The molecule has 0 atom stereocenters. The molecular formula is C17H26O2. The van der Waals surface area contributed by atoms with Crippen LogP contribution in [0.1, 0.15) is 51.9 Å². The molecule has 0 fully saturated rings. The molecule has 0 aliphatic carbocycles. The zero-order chi connectivity index (χ0) is 14.2. The van der Waals surface area contributed by atoms with E-state index in [0.29, 0.717) is 0 Å². The lowest BCUT2D eigenvalue weighted by atomic mass is 10.2. The van der Waals surface area contributed by atoms with E-state index >= 15 is 0 Å². The molecule has 0 aromatic carbocycles. The van der Waals surface area contributed by atoms with E-state index in [4.69, 9.17) is 5.11 Å². The molecule has 0 unspecified atom stereocenters. The van der Waals surface area contributed by atoms with Crippen LogP contribution in [0.15, 0.2) is 48.6 Å². The maximum absolute atomic E-state index is 10.3. The van der Waals surface area contributed by atoms with Crippen molar-refractivity contribution in [3.8, 4) is 0 Å². The van der Waals surface area contributed by atoms with E-state index in [-0.39, 0.29) is 6.42 Å². The number of rotatable bonds is 11. The van der Waals surface area contributed by atoms with Crippen LogP contribution in [0, 0.1) is 0 Å². The molecule has 0 heterocycles. The molecule has 106 valence electrons. The van der Waals surface area contributed by atoms with Crippen molar-refractivity contribution in [3.63, 3.8) is 0 Å². The van der Waals surface area contributed by atoms with Gasteiger partial charge < -0.3 is 5.11 Å². The van der Waals surface area contributed by atoms with Gasteiger partial charge in [-0.25, -0.2) is 0 Å². The Labute approximate surface area is 117 Å². The van der Waals surface area contributed by atoms with Gasteiger partial charge in [-0.3, -0.25) is 4.79 Å². The number of hydrogen-bond donors (Lipinski definition) is 1. The van der Waals surface area contributed by atoms with Gasteiger partial charge in [-0.1, -0.05) is 48.6 Å². The summed E-state index contributed by atoms with van der Waals surface area (Å²) in [4.78, 5) is 10.3. The Morgan fingerprint density at radius 2 is 1.37 bits per heavy atom. The first-order chi connectivity index (χ1) is 9.27. The molecule has 2 nitrogen and oxygen atoms in total. The second-order valence-corrected chi connectivity index (χ2v) is 4.33. The van der Waals surface area contributed by atoms with Crippen LogP contribution in [0.3, 0.4) is 0 Å². The minimum atomic E-state index is -0.700. The first kappa shape index (κ1) is 17.4. The van der Waals surface area contributed by atoms with Crippen LogP contribution in [0.25, 0.3) is 0 Å². The van der Waals surface area contributed by atoms with Gasteiger partial charge >= 0.3 is 5.97 Å². The van der Waals surface area contributed by atoms with Gasteiger partial charge in [0.05, 0.1) is 0 Å². The van der Waals surface area contributed by atoms with E-state index in [1.54, 1.807) is 0 Å². The molecule has 2 heteroatoms. The molecule has 0 spiro atoms. The number of hydrogen-bond acceptors (Lipinski definition) is 1. The van der Waals surface area contributed by atoms with Crippen LogP contribution in [0.2, 0.25) is 0 Å². The molecule has 0 saturated heterocycles. The predicted molar refractivity (Wildman–Crippen MR) is 82.2 cm³/mol. The number of carbonyl (C=O) groups is 1. The number of aliphatic carboxylic acids is 1. The molecular weight excluding hydrogens is 236 g/mol. The highest BCUT2D eigenvalue weighted by molar-refractivity contribution is 5.66. The summed E-state index contributed by atoms with van der Waals surface area (Å²) < 4.78 is 0. The van der Waals surface area contributed by atoms with E-state index in [2.05, 4.69) is 48.6 Å². The average molecular weight is 262 g/mol. The van der Waals surface area contributed by atoms with Crippen molar-refractivity contribution in [3.05, 3.63) is 48.6 Å². The van der Waals surface area contributed by atoms with Crippen molar-refractivity contribution in [2.75, 3.05) is 0 Å². The minimum Gasteiger partial charge on any atom is -0.481 e. The summed E-state index contributed by atoms with van der Waals surface area (Å²) in [5.41, 5.74) is 0. The molecule has 19 heavy (non-hydrogen) atoms. The Balaban J connectivity index is 3.36. The fourth-order valence-electron chi connectivity index (χ4n) is 1.51. The number of allylic oxidation sites excluding steroid dienone is 8. The molecule has 0 bridgehead atoms. The SMILES string of the molecule is C/C=C\C/C=C\C/C=C\C/C=C\CCCCC(=O)O. The first-order valence-corrected chi connectivity index (χ1v) is 7.05. The number of unbranched alkanes of at least 4 members (excludes halogenated alkanes) is 2. The number of carboxylic acids is 1. The molecule has 0 saturated carbocycles. The molecule has 0 amide bonds. The van der Waals surface area contributed by atoms with Gasteiger partial charge in [0.25, 0.3) is 0 Å². The normalized spacial score (nSPS) is 12.5. The summed E-state index contributed by atoms with van der Waals surface area (Å²) in [7, 11) is 0. The van der Waals surface area contributed by atoms with Crippen molar-refractivity contribution in [1.82, 2.24) is 0 Å². The lowest BCUT2D eigenvalue weighted by Crippen LogP contribution is -1.92. The predicted octanol–water partition coefficient (Wildman–Crippen LogP) is 5.05. The van der Waals surface area contributed by atoms with Crippen molar-refractivity contribution in [1.29, 1.82) is 0 Å². The van der Waals surface area contributed by atoms with Gasteiger partial charge in [-0.05, 0) is 45.4 Å². The van der Waals surface area contributed by atoms with Crippen LogP contribution in [-0.4, -0.2) is 11.1 Å². The fourth-order valence-corrected chi connectivity index (χ4v) is 1.51. The van der Waals surface area contributed by atoms with Gasteiger partial charge in [0.2, 0.25) is 0 Å². The summed E-state index contributed by atoms with van der Waals surface area (Å²) in [6.45, 7) is 2.03. The van der Waals surface area contributed by atoms with E-state index in [1.807, 2.05) is 6.92 Å². The van der Waals surface area contributed by atoms with Gasteiger partial charge in [-0.2, -0.15) is 0 Å². The molecule has 0 rings (SSSR count). The maximum Gasteiger partial charge on any atom is 0.303 e. The minimum absolute atomic E-state index is 0.285. The smallest absolute Gasteiger partial charge is 0.303 e. The molecule has 0 aliphatic heterocycles. The Morgan fingerprint density at radius 1 is 0.842 bits per heavy atom. The summed E-state index contributed by atoms with van der Waals surface area (Å²) in [5.74, 6) is -0.700. The maximum atomic E-state index is 10.3. The molecule has 0 aromatic rings. The van der Waals surface area contributed by atoms with Crippen molar-refractivity contribution < 1.29 is 9.90 Å². The van der Waals surface area contributed by atoms with Crippen molar-refractivity contribution >= 4 is 5.97 Å². The Hall–Kier alpha value is -1.57. The van der Waals surface area contributed by atoms with Crippen LogP contribution < -0.4 is 0 Å². The zero-order valence-electron chi connectivity index (χ0n) is 11.9. The van der Waals surface area contributed by atoms with Crippen LogP contribution in [-0.2, 0) is 4.79 Å². The van der Waals surface area contributed by atoms with Gasteiger partial charge in [-0.15, -0.1) is 0 Å². The third-order valence-corrected chi connectivity index (χ3v) is 2.56. The van der Waals surface area contributed by atoms with Crippen molar-refractivity contribution in [2.45, 2.75) is 51.9 Å². The third-order valence-electron chi connectivity index (χ3n) is 2.56. The van der Waals surface area contributed by atoms with Gasteiger partial charge in [0.1, 0.15) is 0 Å². The van der Waals surface area contributed by atoms with Gasteiger partial charge in [0, 0.05) is 6.42 Å². The Bertz CT molecular complexity index is 322. The second-order valence-electron chi connectivity index (χ2n) is 4.33. The summed E-state index contributed by atoms with van der Waals surface area (Å²) in [6, 6.07) is 0. The highest BCUT2D eigenvalue weighted by atomic mass is 16.4. The molecule has 1 N–H and O–H groups in total. The molecule has 0 radical (unpaired) electrons. The highest BCUT2D eigenvalue weighted by Gasteiger charge is 1.93. The number of carboxylic acid groups (broad SMARTS) is 1. The standard InChI is InChI=1S/C17H26O2/c1-2-3-4-5-6-7-8-9-10-11-12-13-14-15-16-17(18)19/h2-3,5-6,8-9,11-12H,4,7,10,13-16H2,1H3,(H,18,19)/b3-2-,6-5-,9-8-,12-11-. The monoisotopic (exact) mass is 262 g/mol. The summed E-state index contributed by atoms with van der Waals surface area (Å²) >= 11 is 0. The van der Waals surface area contributed by atoms with E-state index < -0.39 is 5.97 Å². The lowest BCUT2D eigenvalue weighted by Gasteiger charge is -1.92. The van der Waals surface area contributed by atoms with Gasteiger partial charge in [0.15, 0.2) is 0 Å². The van der Waals surface area contributed by atoms with E-state index in [9.17, 15) is 4.79 Å². The van der Waals surface area contributed by atoms with Crippen molar-refractivity contribution in [2.24, 2.45) is 0 Å². The van der Waals surface area contributed by atoms with E-state index in [1.165, 1.54) is 0 Å². The largest absolute Gasteiger partial charge is 0.481 e. The van der Waals surface area contributed by atoms with Crippen LogP contribution in [0.4, 0.5) is 0 Å². The Morgan fingerprint density at radius 3 is 1.89 bits per heavy atom. The van der Waals surface area contributed by atoms with Crippen LogP contribution in [0.5, 0.6) is 0 Å². The lowest BCUT2D eigenvalue weighted by molar-refractivity contribution is -0.137. The quantitative estimate of drug-likeness (QED) is 0.418. The third kappa shape index (κ3) is 16.4. The second kappa shape index (κ2) is 14.5. The zero-order valence-corrected chi connectivity index (χ0v) is 11.9. The highest BCUT2D eigenvalue weighted by Crippen LogP contribution is 2.01. The molecule has 0 aliphatic rings. The first-order valence-electron chi connectivity index (χ1n) is 7.05. The van der Waals surface area contributed by atoms with Crippen LogP contribution >= 0.6 is 0 Å². The average Bonchev–Trinajstić information content (AvgIpc) is 2.39. The summed E-state index contributed by atoms with van der Waals surface area (Å²) in [6.07, 6.45) is 23.1. The summed E-state index contributed by atoms with van der Waals surface area (Å²) in [5, 5.41) is 8.47.